The van der Waals surface area contributed by atoms with Gasteiger partial charge in [-0.25, -0.2) is 0 Å². The number of hydrogen-bond acceptors (Lipinski definition) is 3. The van der Waals surface area contributed by atoms with Crippen molar-refractivity contribution in [3.63, 3.8) is 0 Å². The Hall–Kier alpha value is -2.82. The van der Waals surface area contributed by atoms with Crippen molar-refractivity contribution in [1.82, 2.24) is 5.32 Å². The van der Waals surface area contributed by atoms with E-state index in [4.69, 9.17) is 4.74 Å². The highest BCUT2D eigenvalue weighted by Gasteiger charge is 2.32. The van der Waals surface area contributed by atoms with Gasteiger partial charge >= 0.3 is 0 Å². The second-order valence-corrected chi connectivity index (χ2v) is 6.26. The maximum Gasteiger partial charge on any atom is 0.262 e. The summed E-state index contributed by atoms with van der Waals surface area (Å²) in [6.45, 7) is 4.30. The molecule has 3 rings (SSSR count). The first-order valence-electron chi connectivity index (χ1n) is 8.42. The first kappa shape index (κ1) is 17.0. The number of ether oxygens (including phenoxy) is 1. The van der Waals surface area contributed by atoms with Crippen molar-refractivity contribution >= 4 is 17.5 Å². The highest BCUT2D eigenvalue weighted by Crippen LogP contribution is 2.33. The SMILES string of the molecule is CC(=O)N1C[C@H](C(=O)NC[C@H](C)c2ccccc2)Oc2ccccc21. The third-order valence-electron chi connectivity index (χ3n) is 4.40. The molecule has 0 unspecified atom stereocenters. The number of carbonyl (C=O) groups is 2. The third-order valence-corrected chi connectivity index (χ3v) is 4.40. The van der Waals surface area contributed by atoms with E-state index in [-0.39, 0.29) is 24.3 Å². The Kier molecular flexibility index (Phi) is 5.03. The van der Waals surface area contributed by atoms with Gasteiger partial charge in [0.25, 0.3) is 5.91 Å². The molecule has 25 heavy (non-hydrogen) atoms. The Bertz CT molecular complexity index is 761. The quantitative estimate of drug-likeness (QED) is 0.932. The predicted octanol–water partition coefficient (Wildman–Crippen LogP) is 2.72. The molecule has 2 aromatic carbocycles. The topological polar surface area (TPSA) is 58.6 Å². The van der Waals surface area contributed by atoms with Crippen molar-refractivity contribution < 1.29 is 14.3 Å². The van der Waals surface area contributed by atoms with Gasteiger partial charge in [0.1, 0.15) is 5.75 Å². The van der Waals surface area contributed by atoms with Gasteiger partial charge in [0.2, 0.25) is 5.91 Å². The van der Waals surface area contributed by atoms with Crippen LogP contribution in [0.4, 0.5) is 5.69 Å². The number of amides is 2. The fourth-order valence-corrected chi connectivity index (χ4v) is 2.94. The van der Waals surface area contributed by atoms with E-state index in [1.807, 2.05) is 48.5 Å². The van der Waals surface area contributed by atoms with E-state index in [1.54, 1.807) is 11.0 Å². The van der Waals surface area contributed by atoms with Gasteiger partial charge in [-0.1, -0.05) is 49.4 Å². The number of rotatable bonds is 4. The summed E-state index contributed by atoms with van der Waals surface area (Å²) in [5, 5.41) is 2.94. The summed E-state index contributed by atoms with van der Waals surface area (Å²) in [5.41, 5.74) is 1.87. The van der Waals surface area contributed by atoms with Crippen molar-refractivity contribution in [2.45, 2.75) is 25.9 Å². The van der Waals surface area contributed by atoms with Crippen LogP contribution in [0.2, 0.25) is 0 Å². The first-order chi connectivity index (χ1) is 12.1. The van der Waals surface area contributed by atoms with Crippen LogP contribution >= 0.6 is 0 Å². The molecule has 5 heteroatoms. The highest BCUT2D eigenvalue weighted by molar-refractivity contribution is 5.95. The zero-order chi connectivity index (χ0) is 17.8. The summed E-state index contributed by atoms with van der Waals surface area (Å²) in [4.78, 5) is 26.0. The standard InChI is InChI=1S/C20H22N2O3/c1-14(16-8-4-3-5-9-16)12-21-20(24)19-13-22(15(2)23)17-10-6-7-11-18(17)25-19/h3-11,14,19H,12-13H2,1-2H3,(H,21,24)/t14-,19+/m0/s1. The summed E-state index contributed by atoms with van der Waals surface area (Å²) in [5.74, 6) is 0.444. The van der Waals surface area contributed by atoms with Crippen LogP contribution in [0.1, 0.15) is 25.3 Å². The van der Waals surface area contributed by atoms with Crippen molar-refractivity contribution in [3.05, 3.63) is 60.2 Å². The molecular weight excluding hydrogens is 316 g/mol. The Balaban J connectivity index is 1.66. The summed E-state index contributed by atoms with van der Waals surface area (Å²) < 4.78 is 5.81. The molecule has 1 heterocycles. The van der Waals surface area contributed by atoms with E-state index >= 15 is 0 Å². The van der Waals surface area contributed by atoms with Crippen molar-refractivity contribution in [2.24, 2.45) is 0 Å². The predicted molar refractivity (Wildman–Crippen MR) is 96.8 cm³/mol. The lowest BCUT2D eigenvalue weighted by molar-refractivity contribution is -0.128. The van der Waals surface area contributed by atoms with Crippen LogP contribution in [0.3, 0.4) is 0 Å². The van der Waals surface area contributed by atoms with Crippen LogP contribution in [-0.4, -0.2) is 31.0 Å². The number of hydrogen-bond donors (Lipinski definition) is 1. The van der Waals surface area contributed by atoms with Crippen molar-refractivity contribution in [1.29, 1.82) is 0 Å². The van der Waals surface area contributed by atoms with Gasteiger partial charge in [0, 0.05) is 13.5 Å². The van der Waals surface area contributed by atoms with Gasteiger partial charge in [0.05, 0.1) is 12.2 Å². The van der Waals surface area contributed by atoms with E-state index in [0.717, 1.165) is 0 Å². The number of anilines is 1. The third kappa shape index (κ3) is 3.82. The molecule has 2 aromatic rings. The molecule has 1 N–H and O–H groups in total. The second kappa shape index (κ2) is 7.38. The number of benzene rings is 2. The smallest absolute Gasteiger partial charge is 0.262 e. The van der Waals surface area contributed by atoms with Gasteiger partial charge in [0.15, 0.2) is 6.10 Å². The van der Waals surface area contributed by atoms with Crippen LogP contribution in [0.5, 0.6) is 5.75 Å². The minimum absolute atomic E-state index is 0.105. The van der Waals surface area contributed by atoms with Crippen LogP contribution in [0, 0.1) is 0 Å². The van der Waals surface area contributed by atoms with E-state index in [0.29, 0.717) is 18.0 Å². The van der Waals surface area contributed by atoms with Gasteiger partial charge in [-0.15, -0.1) is 0 Å². The zero-order valence-corrected chi connectivity index (χ0v) is 14.4. The molecular formula is C20H22N2O3. The molecule has 1 aliphatic heterocycles. The molecule has 0 bridgehead atoms. The molecule has 5 nitrogen and oxygen atoms in total. The summed E-state index contributed by atoms with van der Waals surface area (Å²) in [7, 11) is 0. The molecule has 2 amide bonds. The normalized spacial score (nSPS) is 17.2. The summed E-state index contributed by atoms with van der Waals surface area (Å²) in [6, 6.07) is 17.3. The summed E-state index contributed by atoms with van der Waals surface area (Å²) >= 11 is 0. The highest BCUT2D eigenvalue weighted by atomic mass is 16.5. The van der Waals surface area contributed by atoms with Gasteiger partial charge < -0.3 is 15.0 Å². The van der Waals surface area contributed by atoms with Crippen molar-refractivity contribution in [3.8, 4) is 5.75 Å². The molecule has 130 valence electrons. The van der Waals surface area contributed by atoms with Gasteiger partial charge in [-0.05, 0) is 23.6 Å². The zero-order valence-electron chi connectivity index (χ0n) is 14.4. The molecule has 1 aliphatic rings. The van der Waals surface area contributed by atoms with Crippen LogP contribution in [0.25, 0.3) is 0 Å². The van der Waals surface area contributed by atoms with Crippen molar-refractivity contribution in [2.75, 3.05) is 18.0 Å². The number of carbonyl (C=O) groups excluding carboxylic acids is 2. The Labute approximate surface area is 147 Å². The summed E-state index contributed by atoms with van der Waals surface area (Å²) in [6.07, 6.45) is -0.707. The van der Waals surface area contributed by atoms with Crippen LogP contribution < -0.4 is 15.0 Å². The lowest BCUT2D eigenvalue weighted by Crippen LogP contribution is -2.50. The lowest BCUT2D eigenvalue weighted by atomic mass is 10.0. The average Bonchev–Trinajstić information content (AvgIpc) is 2.65. The Morgan fingerprint density at radius 3 is 2.56 bits per heavy atom. The van der Waals surface area contributed by atoms with Crippen LogP contribution in [0.15, 0.2) is 54.6 Å². The Morgan fingerprint density at radius 2 is 1.84 bits per heavy atom. The molecule has 0 fully saturated rings. The number of fused-ring (bicyclic) bond motifs is 1. The number of nitrogens with one attached hydrogen (secondary N) is 1. The lowest BCUT2D eigenvalue weighted by Gasteiger charge is -2.33. The van der Waals surface area contributed by atoms with E-state index in [1.165, 1.54) is 12.5 Å². The maximum atomic E-state index is 12.5. The minimum atomic E-state index is -0.707. The molecule has 0 spiro atoms. The van der Waals surface area contributed by atoms with E-state index in [9.17, 15) is 9.59 Å². The van der Waals surface area contributed by atoms with Gasteiger partial charge in [-0.3, -0.25) is 9.59 Å². The molecule has 0 radical (unpaired) electrons. The first-order valence-corrected chi connectivity index (χ1v) is 8.42. The average molecular weight is 338 g/mol. The molecule has 0 aliphatic carbocycles. The fourth-order valence-electron chi connectivity index (χ4n) is 2.94. The molecule has 0 aromatic heterocycles. The van der Waals surface area contributed by atoms with E-state index in [2.05, 4.69) is 12.2 Å². The second-order valence-electron chi connectivity index (χ2n) is 6.26. The maximum absolute atomic E-state index is 12.5. The molecule has 2 atom stereocenters. The fraction of sp³-hybridized carbons (Fsp3) is 0.300. The minimum Gasteiger partial charge on any atom is -0.477 e. The molecule has 0 saturated heterocycles. The largest absolute Gasteiger partial charge is 0.477 e. The van der Waals surface area contributed by atoms with Crippen LogP contribution in [-0.2, 0) is 9.59 Å². The van der Waals surface area contributed by atoms with Gasteiger partial charge in [-0.2, -0.15) is 0 Å². The monoisotopic (exact) mass is 338 g/mol. The Morgan fingerprint density at radius 1 is 1.16 bits per heavy atom. The number of nitrogens with zero attached hydrogens (tertiary/aromatic N) is 1. The van der Waals surface area contributed by atoms with E-state index < -0.39 is 6.10 Å². The number of para-hydroxylation sites is 2. The molecule has 0 saturated carbocycles.